The van der Waals surface area contributed by atoms with E-state index in [1.807, 2.05) is 0 Å². The maximum absolute atomic E-state index is 12.4. The summed E-state index contributed by atoms with van der Waals surface area (Å²) < 4.78 is 7.37. The summed E-state index contributed by atoms with van der Waals surface area (Å²) in [5.74, 6) is 0.195. The quantitative estimate of drug-likeness (QED) is 0.808. The highest BCUT2D eigenvalue weighted by atomic mass is 16.5. The normalized spacial score (nSPS) is 31.5. The fraction of sp³-hybridized carbons (Fsp3) is 0.500. The fourth-order valence-electron chi connectivity index (χ4n) is 3.36. The predicted molar refractivity (Wildman–Crippen MR) is 74.7 cm³/mol. The highest BCUT2D eigenvalue weighted by molar-refractivity contribution is 6.00. The third-order valence-corrected chi connectivity index (χ3v) is 4.54. The Kier molecular flexibility index (Phi) is 2.90. The van der Waals surface area contributed by atoms with Gasteiger partial charge in [0.2, 0.25) is 0 Å². The molecule has 7 nitrogen and oxygen atoms in total. The van der Waals surface area contributed by atoms with Crippen LogP contribution in [0.1, 0.15) is 23.2 Å². The van der Waals surface area contributed by atoms with E-state index in [0.29, 0.717) is 17.0 Å². The molecule has 4 unspecified atom stereocenters. The van der Waals surface area contributed by atoms with Crippen LogP contribution in [0.25, 0.3) is 5.52 Å². The molecule has 1 amide bonds. The van der Waals surface area contributed by atoms with E-state index in [9.17, 15) is 4.79 Å². The Bertz CT molecular complexity index is 685. The van der Waals surface area contributed by atoms with E-state index >= 15 is 0 Å². The molecule has 0 radical (unpaired) electrons. The molecule has 1 saturated carbocycles. The molecule has 1 aliphatic heterocycles. The Morgan fingerprint density at radius 1 is 1.48 bits per heavy atom. The van der Waals surface area contributed by atoms with E-state index in [-0.39, 0.29) is 24.1 Å². The standard InChI is InChI=1S/C14H17N5O2/c15-11-8-2-1-5-21-13(8)12(11)18-14(20)9-6-17-19-4-3-16-7-10(9)19/h3-4,6-8,11-13H,1-2,5,15H2,(H,18,20). The zero-order valence-electron chi connectivity index (χ0n) is 11.5. The van der Waals surface area contributed by atoms with E-state index in [1.165, 1.54) is 0 Å². The van der Waals surface area contributed by atoms with E-state index in [4.69, 9.17) is 10.5 Å². The van der Waals surface area contributed by atoms with Crippen LogP contribution in [0.3, 0.4) is 0 Å². The number of nitrogens with zero attached hydrogens (tertiary/aromatic N) is 3. The minimum atomic E-state index is -0.175. The highest BCUT2D eigenvalue weighted by Crippen LogP contribution is 2.37. The number of carbonyl (C=O) groups is 1. The molecule has 21 heavy (non-hydrogen) atoms. The summed E-state index contributed by atoms with van der Waals surface area (Å²) in [5.41, 5.74) is 7.36. The van der Waals surface area contributed by atoms with Gasteiger partial charge in [-0.1, -0.05) is 0 Å². The number of hydrogen-bond donors (Lipinski definition) is 2. The predicted octanol–water partition coefficient (Wildman–Crippen LogP) is -0.0362. The van der Waals surface area contributed by atoms with Crippen LogP contribution in [0.2, 0.25) is 0 Å². The molecule has 0 spiro atoms. The molecule has 2 aliphatic rings. The number of nitrogens with one attached hydrogen (secondary N) is 1. The van der Waals surface area contributed by atoms with Gasteiger partial charge in [0.25, 0.3) is 5.91 Å². The second-order valence-corrected chi connectivity index (χ2v) is 5.68. The first kappa shape index (κ1) is 12.7. The van der Waals surface area contributed by atoms with Crippen molar-refractivity contribution in [3.05, 3.63) is 30.4 Å². The number of ether oxygens (including phenoxy) is 1. The third-order valence-electron chi connectivity index (χ3n) is 4.54. The molecule has 110 valence electrons. The Balaban J connectivity index is 1.53. The second kappa shape index (κ2) is 4.78. The Morgan fingerprint density at radius 3 is 3.29 bits per heavy atom. The lowest BCUT2D eigenvalue weighted by molar-refractivity contribution is -0.117. The van der Waals surface area contributed by atoms with Crippen LogP contribution in [0, 0.1) is 5.92 Å². The Morgan fingerprint density at radius 2 is 2.38 bits per heavy atom. The van der Waals surface area contributed by atoms with Crippen LogP contribution in [0.4, 0.5) is 0 Å². The van der Waals surface area contributed by atoms with Crippen LogP contribution in [-0.4, -0.2) is 45.3 Å². The number of rotatable bonds is 2. The van der Waals surface area contributed by atoms with E-state index in [1.54, 1.807) is 29.3 Å². The van der Waals surface area contributed by atoms with Gasteiger partial charge in [-0.25, -0.2) is 4.52 Å². The first-order chi connectivity index (χ1) is 10.3. The van der Waals surface area contributed by atoms with Crippen molar-refractivity contribution < 1.29 is 9.53 Å². The molecule has 3 heterocycles. The molecular weight excluding hydrogens is 270 g/mol. The number of carbonyl (C=O) groups excluding carboxylic acids is 1. The molecular formula is C14H17N5O2. The summed E-state index contributed by atoms with van der Waals surface area (Å²) in [6.45, 7) is 0.751. The molecule has 3 N–H and O–H groups in total. The van der Waals surface area contributed by atoms with Crippen LogP contribution in [0.5, 0.6) is 0 Å². The zero-order valence-corrected chi connectivity index (χ0v) is 11.5. The molecule has 7 heteroatoms. The SMILES string of the molecule is NC1C2CCCOC2C1NC(=O)c1cnn2ccncc12. The van der Waals surface area contributed by atoms with Crippen molar-refractivity contribution in [3.8, 4) is 0 Å². The minimum absolute atomic E-state index is 0.0285. The van der Waals surface area contributed by atoms with E-state index < -0.39 is 0 Å². The summed E-state index contributed by atoms with van der Waals surface area (Å²) in [6, 6.07) is -0.145. The number of fused-ring (bicyclic) bond motifs is 2. The van der Waals surface area contributed by atoms with Crippen LogP contribution in [-0.2, 0) is 4.74 Å². The first-order valence-corrected chi connectivity index (χ1v) is 7.21. The van der Waals surface area contributed by atoms with Gasteiger partial charge in [0.1, 0.15) is 0 Å². The molecule has 2 fully saturated rings. The average Bonchev–Trinajstić information content (AvgIpc) is 2.96. The lowest BCUT2D eigenvalue weighted by Crippen LogP contribution is -2.72. The van der Waals surface area contributed by atoms with Crippen molar-refractivity contribution in [1.82, 2.24) is 19.9 Å². The maximum Gasteiger partial charge on any atom is 0.255 e. The summed E-state index contributed by atoms with van der Waals surface area (Å²) >= 11 is 0. The lowest BCUT2D eigenvalue weighted by Gasteiger charge is -2.52. The van der Waals surface area contributed by atoms with Gasteiger partial charge in [0.15, 0.2) is 0 Å². The zero-order chi connectivity index (χ0) is 14.4. The molecule has 4 rings (SSSR count). The molecule has 1 aliphatic carbocycles. The molecule has 4 atom stereocenters. The second-order valence-electron chi connectivity index (χ2n) is 5.68. The third kappa shape index (κ3) is 1.92. The van der Waals surface area contributed by atoms with Gasteiger partial charge in [-0.05, 0) is 12.8 Å². The van der Waals surface area contributed by atoms with Crippen LogP contribution < -0.4 is 11.1 Å². The number of nitrogens with two attached hydrogens (primary N) is 1. The summed E-state index contributed by atoms with van der Waals surface area (Å²) in [6.07, 6.45) is 8.70. The molecule has 2 aromatic rings. The van der Waals surface area contributed by atoms with Crippen molar-refractivity contribution in [2.24, 2.45) is 11.7 Å². The van der Waals surface area contributed by atoms with E-state index in [2.05, 4.69) is 15.4 Å². The Hall–Kier alpha value is -1.99. The van der Waals surface area contributed by atoms with Gasteiger partial charge < -0.3 is 15.8 Å². The monoisotopic (exact) mass is 287 g/mol. The van der Waals surface area contributed by atoms with Crippen LogP contribution >= 0.6 is 0 Å². The highest BCUT2D eigenvalue weighted by Gasteiger charge is 2.51. The van der Waals surface area contributed by atoms with Gasteiger partial charge >= 0.3 is 0 Å². The smallest absolute Gasteiger partial charge is 0.255 e. The summed E-state index contributed by atoms with van der Waals surface area (Å²) in [4.78, 5) is 16.5. The maximum atomic E-state index is 12.4. The van der Waals surface area contributed by atoms with Crippen LogP contribution in [0.15, 0.2) is 24.8 Å². The van der Waals surface area contributed by atoms with Gasteiger partial charge in [-0.3, -0.25) is 9.78 Å². The number of hydrogen-bond acceptors (Lipinski definition) is 5. The van der Waals surface area contributed by atoms with Gasteiger partial charge in [0.05, 0.1) is 35.6 Å². The molecule has 1 saturated heterocycles. The lowest BCUT2D eigenvalue weighted by atomic mass is 9.68. The number of amides is 1. The van der Waals surface area contributed by atoms with Gasteiger partial charge in [-0.15, -0.1) is 0 Å². The van der Waals surface area contributed by atoms with Crippen molar-refractivity contribution in [2.75, 3.05) is 6.61 Å². The number of aromatic nitrogens is 3. The van der Waals surface area contributed by atoms with Gasteiger partial charge in [-0.2, -0.15) is 5.10 Å². The summed E-state index contributed by atoms with van der Waals surface area (Å²) in [5, 5.41) is 7.13. The largest absolute Gasteiger partial charge is 0.376 e. The summed E-state index contributed by atoms with van der Waals surface area (Å²) in [7, 11) is 0. The van der Waals surface area contributed by atoms with E-state index in [0.717, 1.165) is 19.4 Å². The average molecular weight is 287 g/mol. The Labute approximate surface area is 121 Å². The van der Waals surface area contributed by atoms with Crippen molar-refractivity contribution in [1.29, 1.82) is 0 Å². The molecule has 0 aromatic carbocycles. The van der Waals surface area contributed by atoms with Crippen molar-refractivity contribution in [3.63, 3.8) is 0 Å². The van der Waals surface area contributed by atoms with Crippen molar-refractivity contribution in [2.45, 2.75) is 31.0 Å². The first-order valence-electron chi connectivity index (χ1n) is 7.21. The van der Waals surface area contributed by atoms with Gasteiger partial charge in [0, 0.05) is 31.0 Å². The topological polar surface area (TPSA) is 94.5 Å². The molecule has 2 aromatic heterocycles. The fourth-order valence-corrected chi connectivity index (χ4v) is 3.36. The minimum Gasteiger partial charge on any atom is -0.376 e. The molecule has 0 bridgehead atoms. The van der Waals surface area contributed by atoms with Crippen molar-refractivity contribution >= 4 is 11.4 Å².